The summed E-state index contributed by atoms with van der Waals surface area (Å²) in [5, 5.41) is 1.04. The molecule has 7 nitrogen and oxygen atoms in total. The lowest BCUT2D eigenvalue weighted by Gasteiger charge is -2.20. The van der Waals surface area contributed by atoms with Crippen molar-refractivity contribution in [2.45, 2.75) is 20.4 Å². The lowest BCUT2D eigenvalue weighted by molar-refractivity contribution is 0.0984. The van der Waals surface area contributed by atoms with Crippen molar-refractivity contribution in [2.75, 3.05) is 25.2 Å². The summed E-state index contributed by atoms with van der Waals surface area (Å²) in [6.07, 6.45) is 1.69. The smallest absolute Gasteiger partial charge is 0.260 e. The highest BCUT2D eigenvalue weighted by molar-refractivity contribution is 7.23. The van der Waals surface area contributed by atoms with Crippen molar-refractivity contribution < 1.29 is 19.0 Å². The van der Waals surface area contributed by atoms with Gasteiger partial charge in [0.15, 0.2) is 16.6 Å². The zero-order chi connectivity index (χ0) is 24.1. The van der Waals surface area contributed by atoms with Crippen LogP contribution in [0.25, 0.3) is 10.2 Å². The molecule has 0 aliphatic carbocycles. The Bertz CT molecular complexity index is 1300. The number of anilines is 1. The summed E-state index contributed by atoms with van der Waals surface area (Å²) in [5.41, 5.74) is 1.78. The molecule has 2 aromatic carbocycles. The summed E-state index contributed by atoms with van der Waals surface area (Å²) in [4.78, 5) is 24.5. The standard InChI is InChI=1S/C25H24ClN3O4S/c1-4-32-19-11-9-16(14-21(19)33-5-2)24(30)29(15-17-8-6-7-13-27-17)25-28-22-20(31-3)12-10-18(26)23(22)34-25/h6-14H,4-5,15H2,1-3H3. The molecule has 0 N–H and O–H groups in total. The van der Waals surface area contributed by atoms with Crippen LogP contribution >= 0.6 is 22.9 Å². The van der Waals surface area contributed by atoms with Gasteiger partial charge in [-0.15, -0.1) is 0 Å². The monoisotopic (exact) mass is 497 g/mol. The second-order valence-electron chi connectivity index (χ2n) is 7.16. The maximum Gasteiger partial charge on any atom is 0.260 e. The number of hydrogen-bond donors (Lipinski definition) is 0. The highest BCUT2D eigenvalue weighted by atomic mass is 35.5. The fraction of sp³-hybridized carbons (Fsp3) is 0.240. The third kappa shape index (κ3) is 4.93. The van der Waals surface area contributed by atoms with Gasteiger partial charge in [0.2, 0.25) is 0 Å². The normalized spacial score (nSPS) is 10.8. The van der Waals surface area contributed by atoms with Crippen LogP contribution in [0.1, 0.15) is 29.9 Å². The number of carbonyl (C=O) groups excluding carboxylic acids is 1. The maximum absolute atomic E-state index is 13.8. The van der Waals surface area contributed by atoms with Crippen LogP contribution in [0, 0.1) is 0 Å². The number of methoxy groups -OCH3 is 1. The molecule has 0 saturated heterocycles. The molecule has 0 spiro atoms. The lowest BCUT2D eigenvalue weighted by Crippen LogP contribution is -2.30. The van der Waals surface area contributed by atoms with Crippen molar-refractivity contribution in [3.05, 3.63) is 71.0 Å². The van der Waals surface area contributed by atoms with Crippen LogP contribution in [-0.4, -0.2) is 36.2 Å². The van der Waals surface area contributed by atoms with Crippen LogP contribution in [0.2, 0.25) is 5.02 Å². The Hall–Kier alpha value is -3.36. The van der Waals surface area contributed by atoms with Crippen LogP contribution in [0.4, 0.5) is 5.13 Å². The summed E-state index contributed by atoms with van der Waals surface area (Å²) in [6, 6.07) is 14.3. The van der Waals surface area contributed by atoms with Gasteiger partial charge >= 0.3 is 0 Å². The molecular weight excluding hydrogens is 474 g/mol. The Morgan fingerprint density at radius 1 is 1.03 bits per heavy atom. The van der Waals surface area contributed by atoms with E-state index in [1.807, 2.05) is 32.0 Å². The molecule has 2 aromatic heterocycles. The van der Waals surface area contributed by atoms with Gasteiger partial charge in [-0.2, -0.15) is 0 Å². The van der Waals surface area contributed by atoms with Crippen LogP contribution < -0.4 is 19.1 Å². The number of nitrogens with zero attached hydrogens (tertiary/aromatic N) is 3. The first-order chi connectivity index (χ1) is 16.5. The number of halogens is 1. The van der Waals surface area contributed by atoms with E-state index in [4.69, 9.17) is 30.8 Å². The second kappa shape index (κ2) is 10.7. The lowest BCUT2D eigenvalue weighted by atomic mass is 10.1. The molecule has 0 radical (unpaired) electrons. The van der Waals surface area contributed by atoms with E-state index in [0.717, 1.165) is 10.4 Å². The molecule has 4 aromatic rings. The molecule has 0 unspecified atom stereocenters. The minimum absolute atomic E-state index is 0.233. The SMILES string of the molecule is CCOc1ccc(C(=O)N(Cc2ccccn2)c2nc3c(OC)ccc(Cl)c3s2)cc1OCC. The summed E-state index contributed by atoms with van der Waals surface area (Å²) < 4.78 is 17.6. The van der Waals surface area contributed by atoms with E-state index in [1.165, 1.54) is 11.3 Å². The number of carbonyl (C=O) groups is 1. The number of benzene rings is 2. The third-order valence-electron chi connectivity index (χ3n) is 4.98. The van der Waals surface area contributed by atoms with Gasteiger partial charge in [-0.05, 0) is 56.3 Å². The van der Waals surface area contributed by atoms with Crippen molar-refractivity contribution in [3.63, 3.8) is 0 Å². The van der Waals surface area contributed by atoms with Gasteiger partial charge < -0.3 is 14.2 Å². The molecule has 1 amide bonds. The Balaban J connectivity index is 1.79. The first-order valence-corrected chi connectivity index (χ1v) is 12.0. The van der Waals surface area contributed by atoms with E-state index in [2.05, 4.69) is 4.98 Å². The van der Waals surface area contributed by atoms with E-state index >= 15 is 0 Å². The number of thiazole rings is 1. The van der Waals surface area contributed by atoms with E-state index < -0.39 is 0 Å². The van der Waals surface area contributed by atoms with Gasteiger partial charge in [-0.3, -0.25) is 14.7 Å². The topological polar surface area (TPSA) is 73.8 Å². The molecule has 0 aliphatic heterocycles. The van der Waals surface area contributed by atoms with Crippen LogP contribution in [0.5, 0.6) is 17.2 Å². The quantitative estimate of drug-likeness (QED) is 0.282. The zero-order valence-corrected chi connectivity index (χ0v) is 20.7. The number of pyridine rings is 1. The highest BCUT2D eigenvalue weighted by Crippen LogP contribution is 2.39. The highest BCUT2D eigenvalue weighted by Gasteiger charge is 2.25. The number of fused-ring (bicyclic) bond motifs is 1. The number of hydrogen-bond acceptors (Lipinski definition) is 7. The first kappa shape index (κ1) is 23.8. The average molecular weight is 498 g/mol. The molecule has 176 valence electrons. The van der Waals surface area contributed by atoms with Crippen molar-refractivity contribution >= 4 is 44.2 Å². The number of aromatic nitrogens is 2. The summed E-state index contributed by atoms with van der Waals surface area (Å²) >= 11 is 7.76. The van der Waals surface area contributed by atoms with Gasteiger partial charge in [0, 0.05) is 11.8 Å². The number of amides is 1. The van der Waals surface area contributed by atoms with Gasteiger partial charge in [0.05, 0.1) is 42.3 Å². The average Bonchev–Trinajstić information content (AvgIpc) is 3.30. The predicted octanol–water partition coefficient (Wildman–Crippen LogP) is 6.00. The van der Waals surface area contributed by atoms with Crippen molar-refractivity contribution in [1.82, 2.24) is 9.97 Å². The molecule has 0 bridgehead atoms. The Morgan fingerprint density at radius 2 is 1.79 bits per heavy atom. The van der Waals surface area contributed by atoms with Gasteiger partial charge in [0.25, 0.3) is 5.91 Å². The molecule has 9 heteroatoms. The summed E-state index contributed by atoms with van der Waals surface area (Å²) in [5.74, 6) is 1.45. The van der Waals surface area contributed by atoms with E-state index in [1.54, 1.807) is 48.5 Å². The van der Waals surface area contributed by atoms with Gasteiger partial charge in [0.1, 0.15) is 11.3 Å². The molecule has 0 fully saturated rings. The third-order valence-corrected chi connectivity index (χ3v) is 6.52. The fourth-order valence-electron chi connectivity index (χ4n) is 3.44. The second-order valence-corrected chi connectivity index (χ2v) is 8.55. The summed E-state index contributed by atoms with van der Waals surface area (Å²) in [7, 11) is 1.58. The maximum atomic E-state index is 13.8. The van der Waals surface area contributed by atoms with Crippen LogP contribution in [0.15, 0.2) is 54.7 Å². The van der Waals surface area contributed by atoms with Crippen LogP contribution in [-0.2, 0) is 6.54 Å². The molecule has 0 atom stereocenters. The summed E-state index contributed by atoms with van der Waals surface area (Å²) in [6.45, 7) is 4.96. The van der Waals surface area contributed by atoms with E-state index in [9.17, 15) is 4.79 Å². The molecule has 0 aliphatic rings. The van der Waals surface area contributed by atoms with Crippen molar-refractivity contribution in [1.29, 1.82) is 0 Å². The molecule has 4 rings (SSSR count). The zero-order valence-electron chi connectivity index (χ0n) is 19.1. The van der Waals surface area contributed by atoms with E-state index in [0.29, 0.717) is 51.7 Å². The van der Waals surface area contributed by atoms with Crippen molar-refractivity contribution in [3.8, 4) is 17.2 Å². The number of rotatable bonds is 9. The largest absolute Gasteiger partial charge is 0.494 e. The van der Waals surface area contributed by atoms with Crippen molar-refractivity contribution in [2.24, 2.45) is 0 Å². The molecule has 34 heavy (non-hydrogen) atoms. The Labute approximate surface area is 206 Å². The van der Waals surface area contributed by atoms with E-state index in [-0.39, 0.29) is 12.5 Å². The molecular formula is C25H24ClN3O4S. The minimum Gasteiger partial charge on any atom is -0.494 e. The van der Waals surface area contributed by atoms with Gasteiger partial charge in [-0.25, -0.2) is 4.98 Å². The first-order valence-electron chi connectivity index (χ1n) is 10.8. The predicted molar refractivity (Wildman–Crippen MR) is 135 cm³/mol. The Kier molecular flexibility index (Phi) is 7.49. The number of ether oxygens (including phenoxy) is 3. The van der Waals surface area contributed by atoms with Crippen LogP contribution in [0.3, 0.4) is 0 Å². The van der Waals surface area contributed by atoms with Gasteiger partial charge in [-0.1, -0.05) is 29.0 Å². The fourth-order valence-corrected chi connectivity index (χ4v) is 4.70. The molecule has 2 heterocycles. The minimum atomic E-state index is -0.246. The molecule has 0 saturated carbocycles. The Morgan fingerprint density at radius 3 is 2.50 bits per heavy atom.